The molecule has 0 aliphatic carbocycles. The summed E-state index contributed by atoms with van der Waals surface area (Å²) in [5.74, 6) is 1.13. The van der Waals surface area contributed by atoms with Crippen LogP contribution >= 0.6 is 0 Å². The standard InChI is InChI=1S/C16H25NO2/c1-12(2)19-15-8-6-13(7-9-15)16(3,18)14-5-4-10-17-11-14/h6-9,12,14,17-18H,4-5,10-11H2,1-3H3. The van der Waals surface area contributed by atoms with Crippen LogP contribution in [0.4, 0.5) is 0 Å². The van der Waals surface area contributed by atoms with Gasteiger partial charge in [-0.25, -0.2) is 0 Å². The third-order valence-corrected chi connectivity index (χ3v) is 3.90. The van der Waals surface area contributed by atoms with Gasteiger partial charge < -0.3 is 15.2 Å². The SMILES string of the molecule is CC(C)Oc1ccc(C(C)(O)C2CCCNC2)cc1. The quantitative estimate of drug-likeness (QED) is 0.877. The van der Waals surface area contributed by atoms with E-state index in [0.29, 0.717) is 0 Å². The predicted molar refractivity (Wildman–Crippen MR) is 77.4 cm³/mol. The Kier molecular flexibility index (Phi) is 4.48. The average Bonchev–Trinajstić information content (AvgIpc) is 2.40. The molecule has 1 aromatic rings. The first kappa shape index (κ1) is 14.4. The molecule has 2 N–H and O–H groups in total. The van der Waals surface area contributed by atoms with Crippen molar-refractivity contribution in [1.82, 2.24) is 5.32 Å². The normalized spacial score (nSPS) is 23.1. The summed E-state index contributed by atoms with van der Waals surface area (Å²) < 4.78 is 5.63. The second kappa shape index (κ2) is 5.93. The predicted octanol–water partition coefficient (Wildman–Crippen LogP) is 2.68. The van der Waals surface area contributed by atoms with Gasteiger partial charge in [0.15, 0.2) is 0 Å². The molecule has 1 heterocycles. The van der Waals surface area contributed by atoms with Gasteiger partial charge in [0.05, 0.1) is 11.7 Å². The Morgan fingerprint density at radius 2 is 2.00 bits per heavy atom. The molecule has 3 heteroatoms. The van der Waals surface area contributed by atoms with E-state index in [1.54, 1.807) is 0 Å². The van der Waals surface area contributed by atoms with Crippen molar-refractivity contribution in [2.24, 2.45) is 5.92 Å². The van der Waals surface area contributed by atoms with Crippen molar-refractivity contribution >= 4 is 0 Å². The number of ether oxygens (including phenoxy) is 1. The molecule has 0 aromatic heterocycles. The molecule has 19 heavy (non-hydrogen) atoms. The minimum Gasteiger partial charge on any atom is -0.491 e. The van der Waals surface area contributed by atoms with Gasteiger partial charge in [-0.3, -0.25) is 0 Å². The highest BCUT2D eigenvalue weighted by atomic mass is 16.5. The highest BCUT2D eigenvalue weighted by molar-refractivity contribution is 5.31. The Bertz CT molecular complexity index is 392. The third kappa shape index (κ3) is 3.48. The lowest BCUT2D eigenvalue weighted by Gasteiger charge is -2.36. The summed E-state index contributed by atoms with van der Waals surface area (Å²) in [5.41, 5.74) is 0.196. The summed E-state index contributed by atoms with van der Waals surface area (Å²) in [7, 11) is 0. The molecule has 0 bridgehead atoms. The largest absolute Gasteiger partial charge is 0.491 e. The van der Waals surface area contributed by atoms with Crippen molar-refractivity contribution in [3.63, 3.8) is 0 Å². The second-order valence-electron chi connectivity index (χ2n) is 5.88. The number of nitrogens with one attached hydrogen (secondary N) is 1. The number of benzene rings is 1. The minimum atomic E-state index is -0.774. The lowest BCUT2D eigenvalue weighted by molar-refractivity contribution is -0.0156. The zero-order valence-electron chi connectivity index (χ0n) is 12.1. The Morgan fingerprint density at radius 1 is 1.32 bits per heavy atom. The number of piperidine rings is 1. The van der Waals surface area contributed by atoms with Gasteiger partial charge in [-0.05, 0) is 57.9 Å². The Hall–Kier alpha value is -1.06. The molecule has 2 atom stereocenters. The van der Waals surface area contributed by atoms with E-state index >= 15 is 0 Å². The second-order valence-corrected chi connectivity index (χ2v) is 5.88. The van der Waals surface area contributed by atoms with Gasteiger partial charge in [-0.1, -0.05) is 12.1 Å². The monoisotopic (exact) mass is 263 g/mol. The fraction of sp³-hybridized carbons (Fsp3) is 0.625. The molecule has 2 rings (SSSR count). The molecule has 106 valence electrons. The fourth-order valence-electron chi connectivity index (χ4n) is 2.71. The van der Waals surface area contributed by atoms with Crippen LogP contribution in [0.3, 0.4) is 0 Å². The maximum absolute atomic E-state index is 10.8. The van der Waals surface area contributed by atoms with E-state index < -0.39 is 5.60 Å². The van der Waals surface area contributed by atoms with Crippen molar-refractivity contribution in [3.05, 3.63) is 29.8 Å². The molecule has 3 nitrogen and oxygen atoms in total. The van der Waals surface area contributed by atoms with Crippen molar-refractivity contribution in [3.8, 4) is 5.75 Å². The Morgan fingerprint density at radius 3 is 2.53 bits per heavy atom. The lowest BCUT2D eigenvalue weighted by atomic mass is 9.79. The molecule has 1 saturated heterocycles. The Labute approximate surface area is 116 Å². The first-order valence-corrected chi connectivity index (χ1v) is 7.20. The molecule has 0 amide bonds. The van der Waals surface area contributed by atoms with E-state index in [4.69, 9.17) is 4.74 Å². The molecule has 1 aliphatic rings. The van der Waals surface area contributed by atoms with Crippen LogP contribution in [0.1, 0.15) is 39.2 Å². The molecule has 0 saturated carbocycles. The van der Waals surface area contributed by atoms with E-state index in [1.165, 1.54) is 0 Å². The maximum atomic E-state index is 10.8. The maximum Gasteiger partial charge on any atom is 0.119 e. The molecular formula is C16H25NO2. The molecule has 1 aliphatic heterocycles. The minimum absolute atomic E-state index is 0.175. The molecule has 1 aromatic carbocycles. The molecule has 2 unspecified atom stereocenters. The van der Waals surface area contributed by atoms with Crippen LogP contribution < -0.4 is 10.1 Å². The van der Waals surface area contributed by atoms with Crippen molar-refractivity contribution in [2.75, 3.05) is 13.1 Å². The first-order valence-electron chi connectivity index (χ1n) is 7.20. The van der Waals surface area contributed by atoms with Gasteiger partial charge in [-0.2, -0.15) is 0 Å². The molecule has 0 radical (unpaired) electrons. The van der Waals surface area contributed by atoms with Crippen LogP contribution in [0.5, 0.6) is 5.75 Å². The van der Waals surface area contributed by atoms with E-state index in [2.05, 4.69) is 5.32 Å². The fourth-order valence-corrected chi connectivity index (χ4v) is 2.71. The van der Waals surface area contributed by atoms with Crippen LogP contribution in [0.15, 0.2) is 24.3 Å². The van der Waals surface area contributed by atoms with Gasteiger partial charge in [0.25, 0.3) is 0 Å². The lowest BCUT2D eigenvalue weighted by Crippen LogP contribution is -2.42. The van der Waals surface area contributed by atoms with Gasteiger partial charge in [-0.15, -0.1) is 0 Å². The van der Waals surface area contributed by atoms with Crippen molar-refractivity contribution in [2.45, 2.75) is 45.3 Å². The summed E-state index contributed by atoms with van der Waals surface area (Å²) in [6, 6.07) is 7.85. The van der Waals surface area contributed by atoms with Gasteiger partial charge in [0, 0.05) is 12.5 Å². The van der Waals surface area contributed by atoms with E-state index in [0.717, 1.165) is 37.2 Å². The summed E-state index contributed by atoms with van der Waals surface area (Å²) in [6.07, 6.45) is 2.38. The summed E-state index contributed by atoms with van der Waals surface area (Å²) in [4.78, 5) is 0. The topological polar surface area (TPSA) is 41.5 Å². The molecular weight excluding hydrogens is 238 g/mol. The number of hydrogen-bond acceptors (Lipinski definition) is 3. The van der Waals surface area contributed by atoms with Gasteiger partial charge >= 0.3 is 0 Å². The molecule has 1 fully saturated rings. The van der Waals surface area contributed by atoms with E-state index in [1.807, 2.05) is 45.0 Å². The number of hydrogen-bond donors (Lipinski definition) is 2. The first-order chi connectivity index (χ1) is 9.00. The van der Waals surface area contributed by atoms with Gasteiger partial charge in [0.2, 0.25) is 0 Å². The summed E-state index contributed by atoms with van der Waals surface area (Å²) in [6.45, 7) is 7.89. The zero-order chi connectivity index (χ0) is 13.9. The number of aliphatic hydroxyl groups is 1. The van der Waals surface area contributed by atoms with Crippen LogP contribution in [-0.2, 0) is 5.60 Å². The van der Waals surface area contributed by atoms with Crippen LogP contribution in [0.25, 0.3) is 0 Å². The van der Waals surface area contributed by atoms with Crippen LogP contribution in [0, 0.1) is 5.92 Å². The average molecular weight is 263 g/mol. The zero-order valence-corrected chi connectivity index (χ0v) is 12.1. The van der Waals surface area contributed by atoms with E-state index in [-0.39, 0.29) is 12.0 Å². The summed E-state index contributed by atoms with van der Waals surface area (Å²) in [5, 5.41) is 14.2. The van der Waals surface area contributed by atoms with E-state index in [9.17, 15) is 5.11 Å². The number of rotatable bonds is 4. The van der Waals surface area contributed by atoms with Crippen LogP contribution in [-0.4, -0.2) is 24.3 Å². The van der Waals surface area contributed by atoms with Crippen molar-refractivity contribution < 1.29 is 9.84 Å². The summed E-state index contributed by atoms with van der Waals surface area (Å²) >= 11 is 0. The smallest absolute Gasteiger partial charge is 0.119 e. The molecule has 0 spiro atoms. The highest BCUT2D eigenvalue weighted by Crippen LogP contribution is 2.34. The van der Waals surface area contributed by atoms with Crippen LogP contribution in [0.2, 0.25) is 0 Å². The Balaban J connectivity index is 2.11. The van der Waals surface area contributed by atoms with Crippen molar-refractivity contribution in [1.29, 1.82) is 0 Å². The highest BCUT2D eigenvalue weighted by Gasteiger charge is 2.34. The van der Waals surface area contributed by atoms with Gasteiger partial charge in [0.1, 0.15) is 5.75 Å². The third-order valence-electron chi connectivity index (χ3n) is 3.90.